The molecule has 82 valence electrons. The largest absolute Gasteiger partial charge is 0.327 e. The normalized spacial score (nSPS) is 9.77. The van der Waals surface area contributed by atoms with Crippen LogP contribution in [0.2, 0.25) is 0 Å². The first-order chi connectivity index (χ1) is 5.18. The highest BCUT2D eigenvalue weighted by Gasteiger charge is 2.24. The molecule has 0 aliphatic carbocycles. The van der Waals surface area contributed by atoms with E-state index in [0.29, 0.717) is 6.42 Å². The van der Waals surface area contributed by atoms with Crippen LogP contribution in [0.1, 0.15) is 19.3 Å². The number of unbranched alkanes of at least 4 members (excludes halogenated alkanes) is 1. The van der Waals surface area contributed by atoms with Crippen LogP contribution in [0, 0.1) is 0 Å². The van der Waals surface area contributed by atoms with Crippen molar-refractivity contribution < 1.29 is 4.39 Å². The van der Waals surface area contributed by atoms with E-state index in [4.69, 9.17) is 11.5 Å². The van der Waals surface area contributed by atoms with Crippen LogP contribution < -0.4 is 11.5 Å². The second-order valence-electron chi connectivity index (χ2n) is 2.74. The summed E-state index contributed by atoms with van der Waals surface area (Å²) >= 11 is 0. The van der Waals surface area contributed by atoms with Gasteiger partial charge in [0.25, 0.3) is 0 Å². The lowest BCUT2D eigenvalue weighted by atomic mass is 9.99. The van der Waals surface area contributed by atoms with Crippen LogP contribution in [0.3, 0.4) is 0 Å². The first kappa shape index (κ1) is 18.9. The molecule has 0 rings (SSSR count). The maximum absolute atomic E-state index is 13.3. The summed E-state index contributed by atoms with van der Waals surface area (Å²) in [6.45, 7) is 3.58. The van der Waals surface area contributed by atoms with Gasteiger partial charge in [-0.25, -0.2) is 4.39 Å². The molecule has 0 aliphatic rings. The summed E-state index contributed by atoms with van der Waals surface area (Å²) in [5.74, 6) is 0. The molecule has 0 spiro atoms. The van der Waals surface area contributed by atoms with Gasteiger partial charge in [-0.1, -0.05) is 6.08 Å². The van der Waals surface area contributed by atoms with Crippen molar-refractivity contribution in [2.75, 3.05) is 13.1 Å². The fourth-order valence-electron chi connectivity index (χ4n) is 0.851. The Labute approximate surface area is 91.8 Å². The minimum atomic E-state index is -1.36. The molecule has 0 bridgehead atoms. The average Bonchev–Trinajstić information content (AvgIpc) is 2.05. The van der Waals surface area contributed by atoms with Crippen LogP contribution in [0.25, 0.3) is 0 Å². The molecule has 0 amide bonds. The Morgan fingerprint density at radius 3 is 2.00 bits per heavy atom. The summed E-state index contributed by atoms with van der Waals surface area (Å²) in [5, 5.41) is 0. The number of hydrogen-bond acceptors (Lipinski definition) is 2. The number of nitrogens with two attached hydrogens (primary N) is 2. The lowest BCUT2D eigenvalue weighted by molar-refractivity contribution is 0.167. The molecule has 0 saturated heterocycles. The van der Waals surface area contributed by atoms with E-state index in [9.17, 15) is 4.39 Å². The van der Waals surface area contributed by atoms with Gasteiger partial charge in [0.2, 0.25) is 0 Å². The van der Waals surface area contributed by atoms with Gasteiger partial charge < -0.3 is 11.5 Å². The van der Waals surface area contributed by atoms with Crippen LogP contribution in [0.4, 0.5) is 4.39 Å². The van der Waals surface area contributed by atoms with E-state index >= 15 is 0 Å². The molecule has 0 fully saturated rings. The van der Waals surface area contributed by atoms with Gasteiger partial charge in [-0.05, 0) is 19.3 Å². The zero-order valence-electron chi connectivity index (χ0n) is 7.67. The van der Waals surface area contributed by atoms with E-state index in [1.54, 1.807) is 6.08 Å². The van der Waals surface area contributed by atoms with Gasteiger partial charge in [0.15, 0.2) is 0 Å². The van der Waals surface area contributed by atoms with Gasteiger partial charge in [-0.3, -0.25) is 0 Å². The third-order valence-electron chi connectivity index (χ3n) is 1.76. The second kappa shape index (κ2) is 10.3. The van der Waals surface area contributed by atoms with Crippen molar-refractivity contribution in [3.63, 3.8) is 0 Å². The summed E-state index contributed by atoms with van der Waals surface area (Å²) in [6, 6.07) is 0. The highest BCUT2D eigenvalue weighted by Crippen LogP contribution is 2.16. The number of rotatable bonds is 6. The fraction of sp³-hybridized carbons (Fsp3) is 0.750. The van der Waals surface area contributed by atoms with Gasteiger partial charge in [-0.15, -0.1) is 31.4 Å². The standard InChI is InChI=1S/C8H17FN2.2ClH/c1-2-3-4-5-8(9,6-10)7-11;;/h2H,1,3-7,10-11H2;2*1H. The van der Waals surface area contributed by atoms with Crippen molar-refractivity contribution in [1.29, 1.82) is 0 Å². The Morgan fingerprint density at radius 2 is 1.69 bits per heavy atom. The predicted molar refractivity (Wildman–Crippen MR) is 60.5 cm³/mol. The van der Waals surface area contributed by atoms with Crippen LogP contribution >= 0.6 is 24.8 Å². The van der Waals surface area contributed by atoms with E-state index in [2.05, 4.69) is 6.58 Å². The van der Waals surface area contributed by atoms with Crippen molar-refractivity contribution in [3.8, 4) is 0 Å². The Kier molecular flexibility index (Phi) is 14.9. The topological polar surface area (TPSA) is 52.0 Å². The maximum Gasteiger partial charge on any atom is 0.135 e. The maximum atomic E-state index is 13.3. The van der Waals surface area contributed by atoms with Crippen molar-refractivity contribution in [2.24, 2.45) is 11.5 Å². The second-order valence-corrected chi connectivity index (χ2v) is 2.74. The summed E-state index contributed by atoms with van der Waals surface area (Å²) in [5.41, 5.74) is 9.08. The van der Waals surface area contributed by atoms with Crippen LogP contribution in [0.5, 0.6) is 0 Å². The molecule has 0 atom stereocenters. The number of hydrogen-bond donors (Lipinski definition) is 2. The minimum Gasteiger partial charge on any atom is -0.327 e. The number of halogens is 3. The number of alkyl halides is 1. The molecule has 0 unspecified atom stereocenters. The van der Waals surface area contributed by atoms with Gasteiger partial charge >= 0.3 is 0 Å². The highest BCUT2D eigenvalue weighted by molar-refractivity contribution is 5.85. The van der Waals surface area contributed by atoms with Crippen molar-refractivity contribution in [2.45, 2.75) is 24.9 Å². The smallest absolute Gasteiger partial charge is 0.135 e. The molecule has 2 nitrogen and oxygen atoms in total. The van der Waals surface area contributed by atoms with Gasteiger partial charge in [0.1, 0.15) is 5.67 Å². The summed E-state index contributed by atoms with van der Waals surface area (Å²) < 4.78 is 13.3. The molecule has 0 radical (unpaired) electrons. The van der Waals surface area contributed by atoms with Crippen molar-refractivity contribution in [3.05, 3.63) is 12.7 Å². The van der Waals surface area contributed by atoms with E-state index in [0.717, 1.165) is 12.8 Å². The zero-order valence-corrected chi connectivity index (χ0v) is 9.30. The molecule has 4 N–H and O–H groups in total. The Bertz CT molecular complexity index is 119. The van der Waals surface area contributed by atoms with Gasteiger partial charge in [-0.2, -0.15) is 0 Å². The van der Waals surface area contributed by atoms with Crippen LogP contribution in [0.15, 0.2) is 12.7 Å². The summed E-state index contributed by atoms with van der Waals surface area (Å²) in [4.78, 5) is 0. The third kappa shape index (κ3) is 8.50. The monoisotopic (exact) mass is 232 g/mol. The number of allylic oxidation sites excluding steroid dienone is 1. The molecule has 13 heavy (non-hydrogen) atoms. The zero-order chi connectivity index (χ0) is 8.74. The average molecular weight is 233 g/mol. The van der Waals surface area contributed by atoms with E-state index in [1.165, 1.54) is 0 Å². The van der Waals surface area contributed by atoms with Crippen molar-refractivity contribution in [1.82, 2.24) is 0 Å². The van der Waals surface area contributed by atoms with Crippen LogP contribution in [-0.4, -0.2) is 18.8 Å². The molecule has 0 aromatic rings. The van der Waals surface area contributed by atoms with Crippen molar-refractivity contribution >= 4 is 24.8 Å². The molecular formula is C8H19Cl2FN2. The van der Waals surface area contributed by atoms with Gasteiger partial charge in [0, 0.05) is 13.1 Å². The van der Waals surface area contributed by atoms with E-state index in [-0.39, 0.29) is 37.9 Å². The fourth-order valence-corrected chi connectivity index (χ4v) is 0.851. The van der Waals surface area contributed by atoms with E-state index in [1.807, 2.05) is 0 Å². The first-order valence-corrected chi connectivity index (χ1v) is 3.88. The lowest BCUT2D eigenvalue weighted by Gasteiger charge is -2.20. The SMILES string of the molecule is C=CCCCC(F)(CN)CN.Cl.Cl. The van der Waals surface area contributed by atoms with Gasteiger partial charge in [0.05, 0.1) is 0 Å². The summed E-state index contributed by atoms with van der Waals surface area (Å²) in [7, 11) is 0. The molecule has 0 aromatic carbocycles. The third-order valence-corrected chi connectivity index (χ3v) is 1.76. The molecule has 0 aliphatic heterocycles. The first-order valence-electron chi connectivity index (χ1n) is 3.88. The predicted octanol–water partition coefficient (Wildman–Crippen LogP) is 1.81. The minimum absolute atomic E-state index is 0. The Balaban J connectivity index is -0.000000500. The Morgan fingerprint density at radius 1 is 1.23 bits per heavy atom. The Hall–Kier alpha value is 0.170. The summed E-state index contributed by atoms with van der Waals surface area (Å²) in [6.07, 6.45) is 3.81. The quantitative estimate of drug-likeness (QED) is 0.543. The lowest BCUT2D eigenvalue weighted by Crippen LogP contribution is -2.40. The molecule has 0 saturated carbocycles. The van der Waals surface area contributed by atoms with Crippen LogP contribution in [-0.2, 0) is 0 Å². The molecular weight excluding hydrogens is 214 g/mol. The molecule has 0 aromatic heterocycles. The molecule has 5 heteroatoms. The highest BCUT2D eigenvalue weighted by atomic mass is 35.5. The molecule has 0 heterocycles. The van der Waals surface area contributed by atoms with E-state index < -0.39 is 5.67 Å².